The predicted octanol–water partition coefficient (Wildman–Crippen LogP) is 2.06. The molecular weight excluding hydrogens is 324 g/mol. The fraction of sp³-hybridized carbons (Fsp3) is 0.375. The maximum Gasteiger partial charge on any atom is 0.374 e. The van der Waals surface area contributed by atoms with Crippen LogP contribution in [0.25, 0.3) is 0 Å². The Morgan fingerprint density at radius 1 is 1.16 bits per heavy atom. The van der Waals surface area contributed by atoms with Crippen molar-refractivity contribution in [3.05, 3.63) is 46.3 Å². The van der Waals surface area contributed by atoms with Gasteiger partial charge in [-0.05, 0) is 26.1 Å². The molecule has 9 heteroatoms. The molecule has 2 aromatic rings. The van der Waals surface area contributed by atoms with Gasteiger partial charge in [-0.15, -0.1) is 0 Å². The van der Waals surface area contributed by atoms with Gasteiger partial charge < -0.3 is 9.64 Å². The summed E-state index contributed by atoms with van der Waals surface area (Å²) in [6.45, 7) is 5.18. The van der Waals surface area contributed by atoms with Crippen molar-refractivity contribution in [1.82, 2.24) is 19.9 Å². The van der Waals surface area contributed by atoms with E-state index in [2.05, 4.69) is 20.3 Å². The van der Waals surface area contributed by atoms with E-state index in [1.165, 1.54) is 6.33 Å². The summed E-state index contributed by atoms with van der Waals surface area (Å²) in [6, 6.07) is 7.22. The van der Waals surface area contributed by atoms with E-state index in [1.54, 1.807) is 12.1 Å². The van der Waals surface area contributed by atoms with Crippen LogP contribution in [0.15, 0.2) is 30.6 Å². The molecular formula is C16H20N6O3. The van der Waals surface area contributed by atoms with E-state index in [9.17, 15) is 10.1 Å². The van der Waals surface area contributed by atoms with Crippen LogP contribution in [0.5, 0.6) is 11.6 Å². The van der Waals surface area contributed by atoms with Crippen molar-refractivity contribution in [2.24, 2.45) is 0 Å². The summed E-state index contributed by atoms with van der Waals surface area (Å²) >= 11 is 0. The lowest BCUT2D eigenvalue weighted by atomic mass is 10.2. The number of nitrogens with zero attached hydrogens (tertiary/aromatic N) is 5. The van der Waals surface area contributed by atoms with Gasteiger partial charge in [-0.2, -0.15) is 4.98 Å². The SMILES string of the molecule is Cc1ccc(Oc2ncnc(NN3CCN(C)CC3)c2[N+](=O)[O-])cc1. The van der Waals surface area contributed by atoms with E-state index in [4.69, 9.17) is 4.74 Å². The highest BCUT2D eigenvalue weighted by Gasteiger charge is 2.27. The average molecular weight is 344 g/mol. The lowest BCUT2D eigenvalue weighted by molar-refractivity contribution is -0.385. The van der Waals surface area contributed by atoms with Gasteiger partial charge in [0.25, 0.3) is 0 Å². The first kappa shape index (κ1) is 17.1. The minimum absolute atomic E-state index is 0.0829. The summed E-state index contributed by atoms with van der Waals surface area (Å²) in [5.41, 5.74) is 3.82. The first-order chi connectivity index (χ1) is 12.0. The van der Waals surface area contributed by atoms with Crippen LogP contribution in [0.3, 0.4) is 0 Å². The fourth-order valence-electron chi connectivity index (χ4n) is 2.47. The van der Waals surface area contributed by atoms with Gasteiger partial charge in [0.15, 0.2) is 0 Å². The maximum atomic E-state index is 11.6. The van der Waals surface area contributed by atoms with Gasteiger partial charge in [-0.1, -0.05) is 17.7 Å². The third-order valence-electron chi connectivity index (χ3n) is 3.97. The second kappa shape index (κ2) is 7.41. The van der Waals surface area contributed by atoms with Crippen LogP contribution in [0.4, 0.5) is 11.5 Å². The molecule has 2 heterocycles. The number of hydrazine groups is 1. The quantitative estimate of drug-likeness (QED) is 0.650. The van der Waals surface area contributed by atoms with Crippen LogP contribution >= 0.6 is 0 Å². The zero-order valence-electron chi connectivity index (χ0n) is 14.2. The predicted molar refractivity (Wildman–Crippen MR) is 92.6 cm³/mol. The molecule has 1 aromatic carbocycles. The summed E-state index contributed by atoms with van der Waals surface area (Å²) in [5.74, 6) is 0.532. The number of anilines is 1. The van der Waals surface area contributed by atoms with Crippen LogP contribution in [0, 0.1) is 17.0 Å². The summed E-state index contributed by atoms with van der Waals surface area (Å²) in [4.78, 5) is 21.2. The topological polar surface area (TPSA) is 96.7 Å². The Balaban J connectivity index is 1.83. The second-order valence-corrected chi connectivity index (χ2v) is 5.95. The number of nitro groups is 1. The highest BCUT2D eigenvalue weighted by Crippen LogP contribution is 2.34. The van der Waals surface area contributed by atoms with Gasteiger partial charge in [0.2, 0.25) is 5.82 Å². The van der Waals surface area contributed by atoms with E-state index in [0.717, 1.165) is 31.7 Å². The fourth-order valence-corrected chi connectivity index (χ4v) is 2.47. The molecule has 0 aliphatic carbocycles. The van der Waals surface area contributed by atoms with Crippen LogP contribution in [0.2, 0.25) is 0 Å². The van der Waals surface area contributed by atoms with Crippen molar-refractivity contribution >= 4 is 11.5 Å². The molecule has 0 spiro atoms. The first-order valence-corrected chi connectivity index (χ1v) is 7.97. The average Bonchev–Trinajstić information content (AvgIpc) is 2.59. The van der Waals surface area contributed by atoms with Crippen molar-refractivity contribution in [2.45, 2.75) is 6.92 Å². The number of aryl methyl sites for hydroxylation is 1. The van der Waals surface area contributed by atoms with Gasteiger partial charge in [-0.25, -0.2) is 9.99 Å². The van der Waals surface area contributed by atoms with E-state index in [-0.39, 0.29) is 17.4 Å². The van der Waals surface area contributed by atoms with Gasteiger partial charge in [-0.3, -0.25) is 15.5 Å². The Kier molecular flexibility index (Phi) is 5.05. The highest BCUT2D eigenvalue weighted by atomic mass is 16.6. The Morgan fingerprint density at radius 3 is 2.48 bits per heavy atom. The van der Waals surface area contributed by atoms with Crippen molar-refractivity contribution in [1.29, 1.82) is 0 Å². The number of likely N-dealkylation sites (N-methyl/N-ethyl adjacent to an activating group) is 1. The molecule has 0 bridgehead atoms. The Morgan fingerprint density at radius 2 is 1.84 bits per heavy atom. The molecule has 1 N–H and O–H groups in total. The number of hydrogen-bond acceptors (Lipinski definition) is 8. The first-order valence-electron chi connectivity index (χ1n) is 7.97. The minimum Gasteiger partial charge on any atom is -0.434 e. The number of hydrogen-bond donors (Lipinski definition) is 1. The van der Waals surface area contributed by atoms with Crippen LogP contribution in [-0.2, 0) is 0 Å². The maximum absolute atomic E-state index is 11.6. The molecule has 1 saturated heterocycles. The van der Waals surface area contributed by atoms with Gasteiger partial charge >= 0.3 is 11.6 Å². The zero-order chi connectivity index (χ0) is 17.8. The third-order valence-corrected chi connectivity index (χ3v) is 3.97. The second-order valence-electron chi connectivity index (χ2n) is 5.95. The summed E-state index contributed by atoms with van der Waals surface area (Å²) in [6.07, 6.45) is 1.26. The molecule has 0 unspecified atom stereocenters. The van der Waals surface area contributed by atoms with Crippen LogP contribution < -0.4 is 10.2 Å². The van der Waals surface area contributed by atoms with E-state index in [1.807, 2.05) is 31.1 Å². The van der Waals surface area contributed by atoms with Crippen molar-refractivity contribution in [3.63, 3.8) is 0 Å². The number of aromatic nitrogens is 2. The van der Waals surface area contributed by atoms with Gasteiger partial charge in [0.05, 0.1) is 4.92 Å². The Labute approximate surface area is 145 Å². The standard InChI is InChI=1S/C16H20N6O3/c1-12-3-5-13(6-4-12)25-16-14(22(23)24)15(17-11-18-16)19-21-9-7-20(2)8-10-21/h3-6,11H,7-10H2,1-2H3,(H,17,18,19). The van der Waals surface area contributed by atoms with Crippen molar-refractivity contribution in [3.8, 4) is 11.6 Å². The molecule has 1 fully saturated rings. The largest absolute Gasteiger partial charge is 0.434 e. The zero-order valence-corrected chi connectivity index (χ0v) is 14.2. The van der Waals surface area contributed by atoms with Crippen LogP contribution in [-0.4, -0.2) is 58.0 Å². The summed E-state index contributed by atoms with van der Waals surface area (Å²) in [5, 5.41) is 13.5. The molecule has 3 rings (SSSR count). The van der Waals surface area contributed by atoms with Crippen molar-refractivity contribution in [2.75, 3.05) is 38.7 Å². The molecule has 1 aliphatic heterocycles. The van der Waals surface area contributed by atoms with Crippen molar-refractivity contribution < 1.29 is 9.66 Å². The molecule has 0 saturated carbocycles. The normalized spacial score (nSPS) is 15.8. The molecule has 9 nitrogen and oxygen atoms in total. The Hall–Kier alpha value is -2.78. The molecule has 1 aliphatic rings. The lowest BCUT2D eigenvalue weighted by Gasteiger charge is -2.32. The molecule has 0 amide bonds. The van der Waals surface area contributed by atoms with E-state index >= 15 is 0 Å². The number of piperazine rings is 1. The molecule has 1 aromatic heterocycles. The summed E-state index contributed by atoms with van der Waals surface area (Å²) < 4.78 is 5.61. The number of ether oxygens (including phenoxy) is 1. The molecule has 0 atom stereocenters. The molecule has 25 heavy (non-hydrogen) atoms. The lowest BCUT2D eigenvalue weighted by Crippen LogP contribution is -2.47. The van der Waals surface area contributed by atoms with E-state index in [0.29, 0.717) is 5.75 Å². The third kappa shape index (κ3) is 4.20. The number of benzene rings is 1. The van der Waals surface area contributed by atoms with Gasteiger partial charge in [0, 0.05) is 26.2 Å². The van der Waals surface area contributed by atoms with E-state index < -0.39 is 4.92 Å². The molecule has 0 radical (unpaired) electrons. The number of rotatable bonds is 5. The summed E-state index contributed by atoms with van der Waals surface area (Å²) in [7, 11) is 2.04. The smallest absolute Gasteiger partial charge is 0.374 e. The monoisotopic (exact) mass is 344 g/mol. The number of nitrogens with one attached hydrogen (secondary N) is 1. The minimum atomic E-state index is -0.526. The van der Waals surface area contributed by atoms with Gasteiger partial charge in [0.1, 0.15) is 12.1 Å². The van der Waals surface area contributed by atoms with Crippen LogP contribution in [0.1, 0.15) is 5.56 Å². The highest BCUT2D eigenvalue weighted by molar-refractivity contribution is 5.61. The molecule has 132 valence electrons. The Bertz CT molecular complexity index is 744.